The number of urea groups is 1. The molecule has 2 amide bonds. The second-order valence-corrected chi connectivity index (χ2v) is 6.62. The molecule has 2 heterocycles. The number of amides is 2. The second kappa shape index (κ2) is 9.41. The van der Waals surface area contributed by atoms with E-state index in [1.807, 2.05) is 48.5 Å². The monoisotopic (exact) mass is 372 g/mol. The Labute approximate surface area is 160 Å². The van der Waals surface area contributed by atoms with Gasteiger partial charge >= 0.3 is 6.03 Å². The van der Waals surface area contributed by atoms with Gasteiger partial charge in [-0.25, -0.2) is 9.78 Å². The molecule has 1 fully saturated rings. The summed E-state index contributed by atoms with van der Waals surface area (Å²) in [7, 11) is 1.70. The fourth-order valence-electron chi connectivity index (χ4n) is 3.48. The summed E-state index contributed by atoms with van der Waals surface area (Å²) in [6, 6.07) is 7.43. The number of aromatic nitrogens is 2. The minimum Gasteiger partial charge on any atom is -0.492 e. The average Bonchev–Trinajstić information content (AvgIpc) is 3.17. The second-order valence-electron chi connectivity index (χ2n) is 6.62. The Bertz CT molecular complexity index is 746. The molecule has 7 heteroatoms. The summed E-state index contributed by atoms with van der Waals surface area (Å²) < 4.78 is 12.9. The molecule has 1 unspecified atom stereocenters. The van der Waals surface area contributed by atoms with Gasteiger partial charge in [0.2, 0.25) is 0 Å². The van der Waals surface area contributed by atoms with Crippen molar-refractivity contribution in [2.75, 3.05) is 38.7 Å². The number of benzene rings is 1. The lowest BCUT2D eigenvalue weighted by molar-refractivity contribution is 0.179. The topological polar surface area (TPSA) is 68.6 Å². The number of anilines is 1. The summed E-state index contributed by atoms with van der Waals surface area (Å²) in [6.45, 7) is 5.32. The van der Waals surface area contributed by atoms with Gasteiger partial charge in [-0.15, -0.1) is 0 Å². The molecular weight excluding hydrogens is 344 g/mol. The van der Waals surface area contributed by atoms with Crippen LogP contribution >= 0.6 is 0 Å². The van der Waals surface area contributed by atoms with Crippen LogP contribution in [0.5, 0.6) is 5.75 Å². The highest BCUT2D eigenvalue weighted by Gasteiger charge is 2.27. The van der Waals surface area contributed by atoms with Crippen LogP contribution in [0.15, 0.2) is 36.7 Å². The van der Waals surface area contributed by atoms with Gasteiger partial charge < -0.3 is 24.3 Å². The van der Waals surface area contributed by atoms with Crippen LogP contribution in [0.2, 0.25) is 0 Å². The highest BCUT2D eigenvalue weighted by molar-refractivity contribution is 5.91. The smallest absolute Gasteiger partial charge is 0.321 e. The maximum Gasteiger partial charge on any atom is 0.321 e. The Balaban J connectivity index is 1.66. The van der Waals surface area contributed by atoms with Crippen LogP contribution < -0.4 is 10.1 Å². The van der Waals surface area contributed by atoms with E-state index in [2.05, 4.69) is 14.9 Å². The van der Waals surface area contributed by atoms with Crippen LogP contribution in [0.1, 0.15) is 31.5 Å². The van der Waals surface area contributed by atoms with Crippen LogP contribution in [0, 0.1) is 0 Å². The zero-order valence-corrected chi connectivity index (χ0v) is 16.1. The zero-order chi connectivity index (χ0) is 19.1. The largest absolute Gasteiger partial charge is 0.492 e. The predicted molar refractivity (Wildman–Crippen MR) is 104 cm³/mol. The number of hydrogen-bond acceptors (Lipinski definition) is 4. The van der Waals surface area contributed by atoms with Gasteiger partial charge in [0.1, 0.15) is 11.6 Å². The third-order valence-corrected chi connectivity index (χ3v) is 4.79. The molecule has 0 aliphatic carbocycles. The number of imidazole rings is 1. The Hall–Kier alpha value is -2.54. The molecule has 1 aromatic carbocycles. The van der Waals surface area contributed by atoms with E-state index in [-0.39, 0.29) is 11.9 Å². The van der Waals surface area contributed by atoms with Gasteiger partial charge in [-0.1, -0.05) is 12.1 Å². The summed E-state index contributed by atoms with van der Waals surface area (Å²) in [5, 5.41) is 2.99. The third kappa shape index (κ3) is 4.80. The van der Waals surface area contributed by atoms with Gasteiger partial charge in [0, 0.05) is 45.1 Å². The first-order chi connectivity index (χ1) is 13.2. The lowest BCUT2D eigenvalue weighted by Crippen LogP contribution is -2.42. The van der Waals surface area contributed by atoms with Crippen molar-refractivity contribution in [3.8, 4) is 5.75 Å². The molecule has 7 nitrogen and oxygen atoms in total. The van der Waals surface area contributed by atoms with E-state index in [1.165, 1.54) is 0 Å². The molecule has 0 radical (unpaired) electrons. The zero-order valence-electron chi connectivity index (χ0n) is 16.1. The van der Waals surface area contributed by atoms with E-state index in [9.17, 15) is 4.79 Å². The third-order valence-electron chi connectivity index (χ3n) is 4.79. The number of carbonyl (C=O) groups is 1. The maximum atomic E-state index is 12.8. The minimum atomic E-state index is -0.0955. The van der Waals surface area contributed by atoms with Gasteiger partial charge in [0.05, 0.1) is 18.9 Å². The summed E-state index contributed by atoms with van der Waals surface area (Å²) in [5.74, 6) is 1.95. The van der Waals surface area contributed by atoms with Crippen LogP contribution in [0.3, 0.4) is 0 Å². The number of likely N-dealkylation sites (tertiary alicyclic amines) is 1. The van der Waals surface area contributed by atoms with E-state index in [1.54, 1.807) is 7.11 Å². The highest BCUT2D eigenvalue weighted by atomic mass is 16.5. The molecular formula is C20H28N4O3. The lowest BCUT2D eigenvalue weighted by Gasteiger charge is -2.32. The molecule has 1 aliphatic rings. The molecule has 1 saturated heterocycles. The fraction of sp³-hybridized carbons (Fsp3) is 0.500. The normalized spacial score (nSPS) is 17.0. The Morgan fingerprint density at radius 1 is 1.37 bits per heavy atom. The molecule has 2 aromatic rings. The first-order valence-corrected chi connectivity index (χ1v) is 9.50. The van der Waals surface area contributed by atoms with Crippen molar-refractivity contribution in [2.24, 2.45) is 0 Å². The van der Waals surface area contributed by atoms with Crippen LogP contribution in [-0.4, -0.2) is 53.9 Å². The number of hydrogen-bond donors (Lipinski definition) is 1. The van der Waals surface area contributed by atoms with E-state index in [0.717, 1.165) is 31.8 Å². The van der Waals surface area contributed by atoms with E-state index in [0.29, 0.717) is 31.2 Å². The average molecular weight is 372 g/mol. The van der Waals surface area contributed by atoms with Crippen LogP contribution in [-0.2, 0) is 11.3 Å². The SMILES string of the molecule is CCOc1ccccc1NC(=O)N1CCCC(c2nccn2CCOC)C1. The summed E-state index contributed by atoms with van der Waals surface area (Å²) in [4.78, 5) is 19.2. The number of para-hydroxylation sites is 2. The van der Waals surface area contributed by atoms with Crippen molar-refractivity contribution in [1.29, 1.82) is 0 Å². The van der Waals surface area contributed by atoms with Gasteiger partial charge in [0.15, 0.2) is 0 Å². The molecule has 27 heavy (non-hydrogen) atoms. The number of nitrogens with one attached hydrogen (secondary N) is 1. The number of piperidine rings is 1. The minimum absolute atomic E-state index is 0.0955. The van der Waals surface area contributed by atoms with Crippen LogP contribution in [0.4, 0.5) is 10.5 Å². The van der Waals surface area contributed by atoms with Crippen molar-refractivity contribution < 1.29 is 14.3 Å². The number of methoxy groups -OCH3 is 1. The standard InChI is InChI=1S/C20H28N4O3/c1-3-27-18-9-5-4-8-17(18)22-20(25)24-11-6-7-16(15-24)19-21-10-12-23(19)13-14-26-2/h4-5,8-10,12,16H,3,6-7,11,13-15H2,1-2H3,(H,22,25). The summed E-state index contributed by atoms with van der Waals surface area (Å²) >= 11 is 0. The quantitative estimate of drug-likeness (QED) is 0.809. The molecule has 1 aromatic heterocycles. The van der Waals surface area contributed by atoms with Crippen molar-refractivity contribution in [3.63, 3.8) is 0 Å². The summed E-state index contributed by atoms with van der Waals surface area (Å²) in [6.07, 6.45) is 5.79. The molecule has 0 spiro atoms. The predicted octanol–water partition coefficient (Wildman–Crippen LogP) is 3.34. The van der Waals surface area contributed by atoms with E-state index >= 15 is 0 Å². The van der Waals surface area contributed by atoms with E-state index < -0.39 is 0 Å². The fourth-order valence-corrected chi connectivity index (χ4v) is 3.48. The van der Waals surface area contributed by atoms with Gasteiger partial charge in [-0.3, -0.25) is 0 Å². The number of nitrogens with zero attached hydrogens (tertiary/aromatic N) is 3. The Morgan fingerprint density at radius 2 is 2.22 bits per heavy atom. The molecule has 0 saturated carbocycles. The first kappa shape index (κ1) is 19.2. The highest BCUT2D eigenvalue weighted by Crippen LogP contribution is 2.28. The number of rotatable bonds is 7. The first-order valence-electron chi connectivity index (χ1n) is 9.50. The van der Waals surface area contributed by atoms with Crippen molar-refractivity contribution >= 4 is 11.7 Å². The Morgan fingerprint density at radius 3 is 3.04 bits per heavy atom. The maximum absolute atomic E-state index is 12.8. The molecule has 146 valence electrons. The number of ether oxygens (including phenoxy) is 2. The van der Waals surface area contributed by atoms with Gasteiger partial charge in [-0.2, -0.15) is 0 Å². The lowest BCUT2D eigenvalue weighted by atomic mass is 9.97. The molecule has 1 N–H and O–H groups in total. The molecule has 1 atom stereocenters. The van der Waals surface area contributed by atoms with E-state index in [4.69, 9.17) is 9.47 Å². The van der Waals surface area contributed by atoms with Crippen molar-refractivity contribution in [1.82, 2.24) is 14.5 Å². The summed E-state index contributed by atoms with van der Waals surface area (Å²) in [5.41, 5.74) is 0.702. The number of carbonyl (C=O) groups excluding carboxylic acids is 1. The molecule has 1 aliphatic heterocycles. The molecule has 0 bridgehead atoms. The Kier molecular flexibility index (Phi) is 6.70. The van der Waals surface area contributed by atoms with Crippen LogP contribution in [0.25, 0.3) is 0 Å². The van der Waals surface area contributed by atoms with Crippen molar-refractivity contribution in [2.45, 2.75) is 32.2 Å². The van der Waals surface area contributed by atoms with Gasteiger partial charge in [-0.05, 0) is 31.9 Å². The van der Waals surface area contributed by atoms with Crippen molar-refractivity contribution in [3.05, 3.63) is 42.5 Å². The van der Waals surface area contributed by atoms with Gasteiger partial charge in [0.25, 0.3) is 0 Å². The molecule has 3 rings (SSSR count).